The normalized spacial score (nSPS) is 14.7. The van der Waals surface area contributed by atoms with Crippen molar-refractivity contribution in [3.05, 3.63) is 93.2 Å². The van der Waals surface area contributed by atoms with Gasteiger partial charge in [0.15, 0.2) is 11.5 Å². The zero-order chi connectivity index (χ0) is 25.8. The summed E-state index contributed by atoms with van der Waals surface area (Å²) in [6.07, 6.45) is 1.40. The van der Waals surface area contributed by atoms with Crippen molar-refractivity contribution in [1.29, 1.82) is 0 Å². The number of hydrogen-bond donors (Lipinski definition) is 1. The van der Waals surface area contributed by atoms with E-state index in [0.29, 0.717) is 29.4 Å². The second-order valence-electron chi connectivity index (χ2n) is 7.95. The fourth-order valence-electron chi connectivity index (χ4n) is 3.57. The third-order valence-corrected chi connectivity index (χ3v) is 6.28. The molecule has 0 aliphatic carbocycles. The highest BCUT2D eigenvalue weighted by molar-refractivity contribution is 9.10. The van der Waals surface area contributed by atoms with Crippen LogP contribution in [0.1, 0.15) is 23.6 Å². The first-order chi connectivity index (χ1) is 17.3. The number of carbonyl (C=O) groups is 3. The van der Waals surface area contributed by atoms with Crippen LogP contribution < -0.4 is 19.7 Å². The average Bonchev–Trinajstić information content (AvgIpc) is 2.84. The number of urea groups is 1. The molecule has 9 heteroatoms. The molecule has 0 aromatic heterocycles. The zero-order valence-corrected chi connectivity index (χ0v) is 21.1. The van der Waals surface area contributed by atoms with E-state index in [2.05, 4.69) is 21.2 Å². The van der Waals surface area contributed by atoms with Gasteiger partial charge in [-0.3, -0.25) is 14.9 Å². The van der Waals surface area contributed by atoms with E-state index in [4.69, 9.17) is 9.47 Å². The van der Waals surface area contributed by atoms with Crippen LogP contribution in [0.2, 0.25) is 0 Å². The number of aryl methyl sites for hydroxylation is 1. The number of rotatable bonds is 7. The summed E-state index contributed by atoms with van der Waals surface area (Å²) in [4.78, 5) is 39.1. The van der Waals surface area contributed by atoms with Gasteiger partial charge in [-0.25, -0.2) is 14.1 Å². The van der Waals surface area contributed by atoms with Crippen LogP contribution in [-0.4, -0.2) is 24.5 Å². The van der Waals surface area contributed by atoms with Crippen LogP contribution in [0, 0.1) is 12.7 Å². The first kappa shape index (κ1) is 25.1. The molecule has 184 valence electrons. The van der Waals surface area contributed by atoms with Crippen molar-refractivity contribution >= 4 is 45.5 Å². The minimum atomic E-state index is -0.816. The topological polar surface area (TPSA) is 84.9 Å². The number of barbiturate groups is 1. The predicted octanol–water partition coefficient (Wildman–Crippen LogP) is 5.54. The van der Waals surface area contributed by atoms with Crippen molar-refractivity contribution in [3.63, 3.8) is 0 Å². The molecule has 0 spiro atoms. The molecular formula is C27H22BrFN2O5. The lowest BCUT2D eigenvalue weighted by molar-refractivity contribution is -0.122. The maximum Gasteiger partial charge on any atom is 0.335 e. The summed E-state index contributed by atoms with van der Waals surface area (Å²) in [5.74, 6) is -0.994. The van der Waals surface area contributed by atoms with Crippen LogP contribution in [0.5, 0.6) is 11.5 Å². The summed E-state index contributed by atoms with van der Waals surface area (Å²) >= 11 is 3.40. The third-order valence-electron chi connectivity index (χ3n) is 5.39. The van der Waals surface area contributed by atoms with Crippen molar-refractivity contribution < 1.29 is 28.2 Å². The molecule has 0 bridgehead atoms. The van der Waals surface area contributed by atoms with Gasteiger partial charge >= 0.3 is 6.03 Å². The Morgan fingerprint density at radius 3 is 2.42 bits per heavy atom. The van der Waals surface area contributed by atoms with Crippen LogP contribution in [0.25, 0.3) is 6.08 Å². The molecule has 0 unspecified atom stereocenters. The first-order valence-electron chi connectivity index (χ1n) is 11.1. The number of halogens is 2. The average molecular weight is 553 g/mol. The quantitative estimate of drug-likeness (QED) is 0.307. The van der Waals surface area contributed by atoms with Crippen molar-refractivity contribution in [2.45, 2.75) is 20.5 Å². The summed E-state index contributed by atoms with van der Waals surface area (Å²) in [6.45, 7) is 4.20. The van der Waals surface area contributed by atoms with Crippen molar-refractivity contribution in [1.82, 2.24) is 5.32 Å². The molecule has 1 heterocycles. The molecule has 1 N–H and O–H groups in total. The van der Waals surface area contributed by atoms with Gasteiger partial charge in [0, 0.05) is 4.47 Å². The van der Waals surface area contributed by atoms with E-state index in [1.54, 1.807) is 48.5 Å². The number of benzene rings is 3. The van der Waals surface area contributed by atoms with E-state index < -0.39 is 17.8 Å². The number of nitrogens with one attached hydrogen (secondary N) is 1. The second kappa shape index (κ2) is 10.7. The number of amides is 4. The fourth-order valence-corrected chi connectivity index (χ4v) is 3.82. The van der Waals surface area contributed by atoms with Gasteiger partial charge in [-0.05, 0) is 79.1 Å². The molecule has 7 nitrogen and oxygen atoms in total. The van der Waals surface area contributed by atoms with E-state index in [0.717, 1.165) is 20.5 Å². The molecule has 3 aromatic carbocycles. The van der Waals surface area contributed by atoms with Gasteiger partial charge in [-0.2, -0.15) is 0 Å². The largest absolute Gasteiger partial charge is 0.490 e. The monoisotopic (exact) mass is 552 g/mol. The highest BCUT2D eigenvalue weighted by atomic mass is 79.9. The van der Waals surface area contributed by atoms with Gasteiger partial charge in [0.1, 0.15) is 18.0 Å². The Balaban J connectivity index is 1.61. The lowest BCUT2D eigenvalue weighted by Crippen LogP contribution is -2.54. The SMILES string of the molecule is CCOc1cc(/C=C2\C(=O)NC(=O)N(c3ccc(Br)c(C)c3)C2=O)ccc1OCc1ccc(F)cc1. The number of ether oxygens (including phenoxy) is 2. The van der Waals surface area contributed by atoms with Crippen LogP contribution in [-0.2, 0) is 16.2 Å². The Morgan fingerprint density at radius 1 is 0.972 bits per heavy atom. The van der Waals surface area contributed by atoms with Gasteiger partial charge in [0.2, 0.25) is 0 Å². The summed E-state index contributed by atoms with van der Waals surface area (Å²) in [7, 11) is 0. The summed E-state index contributed by atoms with van der Waals surface area (Å²) in [5, 5.41) is 2.22. The molecule has 1 saturated heterocycles. The second-order valence-corrected chi connectivity index (χ2v) is 8.80. The Labute approximate surface area is 215 Å². The molecule has 36 heavy (non-hydrogen) atoms. The molecule has 3 aromatic rings. The van der Waals surface area contributed by atoms with Crippen LogP contribution in [0.15, 0.2) is 70.7 Å². The number of nitrogens with zero attached hydrogens (tertiary/aromatic N) is 1. The molecule has 1 aliphatic rings. The lowest BCUT2D eigenvalue weighted by atomic mass is 10.1. The van der Waals surface area contributed by atoms with Crippen LogP contribution >= 0.6 is 15.9 Å². The highest BCUT2D eigenvalue weighted by Gasteiger charge is 2.37. The number of anilines is 1. The summed E-state index contributed by atoms with van der Waals surface area (Å²) < 4.78 is 25.5. The molecule has 0 atom stereocenters. The highest BCUT2D eigenvalue weighted by Crippen LogP contribution is 2.31. The van der Waals surface area contributed by atoms with E-state index >= 15 is 0 Å². The minimum absolute atomic E-state index is 0.197. The number of carbonyl (C=O) groups excluding carboxylic acids is 3. The lowest BCUT2D eigenvalue weighted by Gasteiger charge is -2.26. The van der Waals surface area contributed by atoms with E-state index in [9.17, 15) is 18.8 Å². The third kappa shape index (κ3) is 5.46. The summed E-state index contributed by atoms with van der Waals surface area (Å²) in [5.41, 5.74) is 2.26. The number of hydrogen-bond acceptors (Lipinski definition) is 5. The van der Waals surface area contributed by atoms with E-state index in [1.807, 2.05) is 13.8 Å². The van der Waals surface area contributed by atoms with Gasteiger partial charge in [-0.15, -0.1) is 0 Å². The molecular weight excluding hydrogens is 531 g/mol. The Bertz CT molecular complexity index is 1370. The van der Waals surface area contributed by atoms with Crippen molar-refractivity contribution in [2.24, 2.45) is 0 Å². The molecule has 0 radical (unpaired) electrons. The Kier molecular flexibility index (Phi) is 7.49. The maximum absolute atomic E-state index is 13.2. The van der Waals surface area contributed by atoms with Gasteiger partial charge < -0.3 is 9.47 Å². The molecule has 4 rings (SSSR count). The van der Waals surface area contributed by atoms with Crippen molar-refractivity contribution in [3.8, 4) is 11.5 Å². The Hall–Kier alpha value is -3.98. The first-order valence-corrected chi connectivity index (χ1v) is 11.9. The van der Waals surface area contributed by atoms with Gasteiger partial charge in [0.05, 0.1) is 12.3 Å². The standard InChI is InChI=1S/C27H22BrFN2O5/c1-3-35-24-14-18(6-11-23(24)36-15-17-4-7-19(29)8-5-17)13-21-25(32)30-27(34)31(26(21)33)20-9-10-22(28)16(2)12-20/h4-14H,3,15H2,1-2H3,(H,30,32,34)/b21-13+. The summed E-state index contributed by atoms with van der Waals surface area (Å²) in [6, 6.07) is 15.1. The molecule has 1 aliphatic heterocycles. The maximum atomic E-state index is 13.2. The minimum Gasteiger partial charge on any atom is -0.490 e. The fraction of sp³-hybridized carbons (Fsp3) is 0.148. The van der Waals surface area contributed by atoms with Gasteiger partial charge in [-0.1, -0.05) is 34.1 Å². The predicted molar refractivity (Wildman–Crippen MR) is 136 cm³/mol. The zero-order valence-electron chi connectivity index (χ0n) is 19.5. The van der Waals surface area contributed by atoms with E-state index in [-0.39, 0.29) is 18.0 Å². The number of imide groups is 2. The molecule has 1 fully saturated rings. The van der Waals surface area contributed by atoms with Crippen molar-refractivity contribution in [2.75, 3.05) is 11.5 Å². The van der Waals surface area contributed by atoms with Gasteiger partial charge in [0.25, 0.3) is 11.8 Å². The smallest absolute Gasteiger partial charge is 0.335 e. The molecule has 0 saturated carbocycles. The molecule has 4 amide bonds. The Morgan fingerprint density at radius 2 is 1.72 bits per heavy atom. The van der Waals surface area contributed by atoms with Crippen LogP contribution in [0.3, 0.4) is 0 Å². The van der Waals surface area contributed by atoms with Crippen LogP contribution in [0.4, 0.5) is 14.9 Å². The van der Waals surface area contributed by atoms with E-state index in [1.165, 1.54) is 18.2 Å².